The van der Waals surface area contributed by atoms with Gasteiger partial charge in [0.15, 0.2) is 11.5 Å². The molecule has 1 aliphatic heterocycles. The van der Waals surface area contributed by atoms with Gasteiger partial charge in [-0.2, -0.15) is 0 Å². The van der Waals surface area contributed by atoms with Crippen LogP contribution in [0.25, 0.3) is 0 Å². The number of rotatable bonds is 9. The van der Waals surface area contributed by atoms with E-state index in [0.29, 0.717) is 49.1 Å². The maximum Gasteiger partial charge on any atom is 0.157 e. The van der Waals surface area contributed by atoms with Crippen LogP contribution in [0.1, 0.15) is 24.2 Å². The molecule has 3 rings (SSSR count). The minimum Gasteiger partial charge on any atom is -0.508 e. The highest BCUT2D eigenvalue weighted by atomic mass is 16.5. The van der Waals surface area contributed by atoms with Gasteiger partial charge in [-0.3, -0.25) is 0 Å². The van der Waals surface area contributed by atoms with Crippen LogP contribution in [-0.4, -0.2) is 59.6 Å². The SMILES string of the molecule is CCOCCOCCOc1cc(O)cc2c1C[C@@H](O)[C@@H](c1ccc(O)c(O)c1)O2. The summed E-state index contributed by atoms with van der Waals surface area (Å²) in [6.07, 6.45) is -1.42. The maximum absolute atomic E-state index is 10.6. The van der Waals surface area contributed by atoms with E-state index in [1.54, 1.807) is 6.07 Å². The number of fused-ring (bicyclic) bond motifs is 1. The van der Waals surface area contributed by atoms with Crippen LogP contribution >= 0.6 is 0 Å². The molecule has 158 valence electrons. The molecule has 1 heterocycles. The van der Waals surface area contributed by atoms with Gasteiger partial charge in [0.2, 0.25) is 0 Å². The summed E-state index contributed by atoms with van der Waals surface area (Å²) in [5.74, 6) is 0.226. The van der Waals surface area contributed by atoms with Crippen molar-refractivity contribution in [1.29, 1.82) is 0 Å². The minimum absolute atomic E-state index is 0.0280. The van der Waals surface area contributed by atoms with Crippen LogP contribution in [0.15, 0.2) is 30.3 Å². The quantitative estimate of drug-likeness (QED) is 0.370. The van der Waals surface area contributed by atoms with E-state index in [1.165, 1.54) is 24.3 Å². The Morgan fingerprint density at radius 2 is 1.72 bits per heavy atom. The molecule has 0 bridgehead atoms. The molecule has 0 amide bonds. The van der Waals surface area contributed by atoms with Crippen molar-refractivity contribution < 1.29 is 39.4 Å². The largest absolute Gasteiger partial charge is 0.508 e. The molecular formula is C21H26O8. The van der Waals surface area contributed by atoms with Gasteiger partial charge >= 0.3 is 0 Å². The third-order valence-corrected chi connectivity index (χ3v) is 4.56. The first-order chi connectivity index (χ1) is 14.0. The number of benzene rings is 2. The molecule has 4 N–H and O–H groups in total. The van der Waals surface area contributed by atoms with Crippen LogP contribution in [-0.2, 0) is 15.9 Å². The molecule has 0 aliphatic carbocycles. The van der Waals surface area contributed by atoms with Crippen molar-refractivity contribution in [1.82, 2.24) is 0 Å². The van der Waals surface area contributed by atoms with E-state index in [0.717, 1.165) is 0 Å². The Kier molecular flexibility index (Phi) is 7.03. The molecule has 0 fully saturated rings. The third kappa shape index (κ3) is 5.23. The van der Waals surface area contributed by atoms with Crippen molar-refractivity contribution in [3.05, 3.63) is 41.5 Å². The average Bonchev–Trinajstić information content (AvgIpc) is 2.69. The van der Waals surface area contributed by atoms with Gasteiger partial charge in [-0.25, -0.2) is 0 Å². The lowest BCUT2D eigenvalue weighted by atomic mass is 9.94. The summed E-state index contributed by atoms with van der Waals surface area (Å²) in [5, 5.41) is 39.8. The van der Waals surface area contributed by atoms with Gasteiger partial charge in [-0.15, -0.1) is 0 Å². The van der Waals surface area contributed by atoms with Crippen molar-refractivity contribution >= 4 is 0 Å². The van der Waals surface area contributed by atoms with Gasteiger partial charge in [-0.1, -0.05) is 6.07 Å². The first kappa shape index (κ1) is 21.0. The Balaban J connectivity index is 1.68. The molecule has 2 aromatic carbocycles. The second-order valence-corrected chi connectivity index (χ2v) is 6.64. The average molecular weight is 406 g/mol. The molecule has 0 radical (unpaired) electrons. The number of hydrogen-bond acceptors (Lipinski definition) is 8. The molecule has 0 saturated heterocycles. The maximum atomic E-state index is 10.6. The highest BCUT2D eigenvalue weighted by molar-refractivity contribution is 5.52. The minimum atomic E-state index is -0.902. The topological polar surface area (TPSA) is 118 Å². The molecule has 29 heavy (non-hydrogen) atoms. The summed E-state index contributed by atoms with van der Waals surface area (Å²) in [4.78, 5) is 0. The molecule has 0 spiro atoms. The monoisotopic (exact) mass is 406 g/mol. The van der Waals surface area contributed by atoms with Gasteiger partial charge in [0, 0.05) is 30.7 Å². The molecule has 1 aliphatic rings. The number of aliphatic hydroxyl groups is 1. The first-order valence-electron chi connectivity index (χ1n) is 9.50. The fourth-order valence-corrected chi connectivity index (χ4v) is 3.15. The second kappa shape index (κ2) is 9.69. The summed E-state index contributed by atoms with van der Waals surface area (Å²) in [7, 11) is 0. The number of phenolic OH excluding ortho intramolecular Hbond substituents is 3. The number of phenols is 3. The summed E-state index contributed by atoms with van der Waals surface area (Å²) in [6, 6.07) is 7.17. The number of hydrogen-bond donors (Lipinski definition) is 4. The molecule has 0 saturated carbocycles. The molecule has 2 aromatic rings. The highest BCUT2D eigenvalue weighted by Gasteiger charge is 2.32. The Morgan fingerprint density at radius 3 is 2.48 bits per heavy atom. The van der Waals surface area contributed by atoms with Crippen molar-refractivity contribution in [2.45, 2.75) is 25.6 Å². The lowest BCUT2D eigenvalue weighted by Crippen LogP contribution is -2.30. The van der Waals surface area contributed by atoms with Crippen LogP contribution in [0.3, 0.4) is 0 Å². The molecular weight excluding hydrogens is 380 g/mol. The van der Waals surface area contributed by atoms with E-state index in [4.69, 9.17) is 18.9 Å². The van der Waals surface area contributed by atoms with Gasteiger partial charge in [-0.05, 0) is 24.6 Å². The van der Waals surface area contributed by atoms with Crippen LogP contribution in [0.5, 0.6) is 28.7 Å². The van der Waals surface area contributed by atoms with Gasteiger partial charge in [0.25, 0.3) is 0 Å². The summed E-state index contributed by atoms with van der Waals surface area (Å²) < 4.78 is 22.2. The number of aromatic hydroxyl groups is 3. The highest BCUT2D eigenvalue weighted by Crippen LogP contribution is 2.43. The Hall–Kier alpha value is -2.68. The third-order valence-electron chi connectivity index (χ3n) is 4.56. The Labute approximate surface area is 168 Å². The Bertz CT molecular complexity index is 823. The fourth-order valence-electron chi connectivity index (χ4n) is 3.15. The molecule has 2 atom stereocenters. The fraction of sp³-hybridized carbons (Fsp3) is 0.429. The van der Waals surface area contributed by atoms with Crippen molar-refractivity contribution in [3.63, 3.8) is 0 Å². The van der Waals surface area contributed by atoms with Crippen molar-refractivity contribution in [2.75, 3.05) is 33.0 Å². The van der Waals surface area contributed by atoms with Crippen LogP contribution < -0.4 is 9.47 Å². The lowest BCUT2D eigenvalue weighted by Gasteiger charge is -2.32. The van der Waals surface area contributed by atoms with E-state index >= 15 is 0 Å². The van der Waals surface area contributed by atoms with E-state index in [1.807, 2.05) is 6.92 Å². The number of aliphatic hydroxyl groups excluding tert-OH is 1. The summed E-state index contributed by atoms with van der Waals surface area (Å²) in [5.41, 5.74) is 1.15. The van der Waals surface area contributed by atoms with E-state index in [2.05, 4.69) is 0 Å². The molecule has 0 aromatic heterocycles. The normalized spacial score (nSPS) is 18.1. The smallest absolute Gasteiger partial charge is 0.157 e. The van der Waals surface area contributed by atoms with Crippen LogP contribution in [0.4, 0.5) is 0 Å². The zero-order valence-electron chi connectivity index (χ0n) is 16.2. The zero-order valence-corrected chi connectivity index (χ0v) is 16.2. The summed E-state index contributed by atoms with van der Waals surface area (Å²) >= 11 is 0. The predicted molar refractivity (Wildman–Crippen MR) is 104 cm³/mol. The van der Waals surface area contributed by atoms with E-state index in [-0.39, 0.29) is 30.3 Å². The molecule has 0 unspecified atom stereocenters. The summed E-state index contributed by atoms with van der Waals surface area (Å²) in [6.45, 7) is 4.18. The number of ether oxygens (including phenoxy) is 4. The predicted octanol–water partition coefficient (Wildman–Crippen LogP) is 2.27. The van der Waals surface area contributed by atoms with Crippen molar-refractivity contribution in [2.24, 2.45) is 0 Å². The first-order valence-corrected chi connectivity index (χ1v) is 9.50. The lowest BCUT2D eigenvalue weighted by molar-refractivity contribution is 0.0183. The van der Waals surface area contributed by atoms with Gasteiger partial charge in [0.1, 0.15) is 30.0 Å². The van der Waals surface area contributed by atoms with E-state index in [9.17, 15) is 20.4 Å². The van der Waals surface area contributed by atoms with Crippen LogP contribution in [0, 0.1) is 0 Å². The van der Waals surface area contributed by atoms with Crippen LogP contribution in [0.2, 0.25) is 0 Å². The Morgan fingerprint density at radius 1 is 0.966 bits per heavy atom. The van der Waals surface area contributed by atoms with Crippen molar-refractivity contribution in [3.8, 4) is 28.7 Å². The second-order valence-electron chi connectivity index (χ2n) is 6.64. The zero-order chi connectivity index (χ0) is 20.8. The molecule has 8 nitrogen and oxygen atoms in total. The van der Waals surface area contributed by atoms with Gasteiger partial charge in [0.05, 0.1) is 25.9 Å². The van der Waals surface area contributed by atoms with Gasteiger partial charge < -0.3 is 39.4 Å². The van der Waals surface area contributed by atoms with E-state index < -0.39 is 12.2 Å². The molecule has 8 heteroatoms. The standard InChI is InChI=1S/C21H26O8/c1-2-26-5-6-27-7-8-28-19-10-14(22)11-20-15(19)12-18(25)21(29-20)13-3-4-16(23)17(24)9-13/h3-4,9-11,18,21-25H,2,5-8,12H2,1H3/t18-,21-/m1/s1.